The summed E-state index contributed by atoms with van der Waals surface area (Å²) in [6, 6.07) is 9.72. The highest BCUT2D eigenvalue weighted by atomic mass is 32.1. The van der Waals surface area contributed by atoms with Crippen molar-refractivity contribution in [3.63, 3.8) is 0 Å². The van der Waals surface area contributed by atoms with E-state index in [-0.39, 0.29) is 11.3 Å². The van der Waals surface area contributed by atoms with Crippen molar-refractivity contribution in [2.24, 2.45) is 0 Å². The summed E-state index contributed by atoms with van der Waals surface area (Å²) in [6.45, 7) is 0. The second kappa shape index (κ2) is 5.42. The second-order valence-electron chi connectivity index (χ2n) is 3.60. The molecule has 0 spiro atoms. The second-order valence-corrected chi connectivity index (χ2v) is 4.57. The first kappa shape index (κ1) is 12.3. The molecule has 0 aliphatic rings. The minimum Gasteiger partial charge on any atom is -0.478 e. The molecule has 0 aliphatic heterocycles. The molecule has 1 N–H and O–H groups in total. The number of carboxylic acids is 1. The van der Waals surface area contributed by atoms with Crippen molar-refractivity contribution in [2.45, 2.75) is 0 Å². The lowest BCUT2D eigenvalue weighted by Gasteiger charge is -1.97. The van der Waals surface area contributed by atoms with Gasteiger partial charge in [0.15, 0.2) is 5.78 Å². The number of allylic oxidation sites excluding steroid dienone is 1. The van der Waals surface area contributed by atoms with E-state index in [0.29, 0.717) is 5.56 Å². The SMILES string of the molecule is O=C(O)c1ccc(C(=O)/C=C/c2cccs2)cc1. The summed E-state index contributed by atoms with van der Waals surface area (Å²) in [6.07, 6.45) is 3.24. The lowest BCUT2D eigenvalue weighted by atomic mass is 10.1. The molecule has 1 aromatic carbocycles. The number of carbonyl (C=O) groups excluding carboxylic acids is 1. The highest BCUT2D eigenvalue weighted by Crippen LogP contribution is 2.12. The van der Waals surface area contributed by atoms with Crippen LogP contribution in [0.3, 0.4) is 0 Å². The normalized spacial score (nSPS) is 10.7. The molecule has 0 saturated carbocycles. The number of carboxylic acid groups (broad SMARTS) is 1. The first-order valence-corrected chi connectivity index (χ1v) is 6.14. The Morgan fingerprint density at radius 1 is 1.06 bits per heavy atom. The Morgan fingerprint density at radius 2 is 1.72 bits per heavy atom. The number of ketones is 1. The molecular formula is C14H10O3S. The van der Waals surface area contributed by atoms with Gasteiger partial charge in [-0.05, 0) is 35.7 Å². The fourth-order valence-electron chi connectivity index (χ4n) is 1.42. The van der Waals surface area contributed by atoms with Gasteiger partial charge in [-0.3, -0.25) is 4.79 Å². The molecular weight excluding hydrogens is 248 g/mol. The average Bonchev–Trinajstić information content (AvgIpc) is 2.89. The largest absolute Gasteiger partial charge is 0.478 e. The van der Waals surface area contributed by atoms with Gasteiger partial charge in [-0.1, -0.05) is 18.2 Å². The lowest BCUT2D eigenvalue weighted by molar-refractivity contribution is 0.0696. The highest BCUT2D eigenvalue weighted by Gasteiger charge is 2.05. The maximum atomic E-state index is 11.8. The van der Waals surface area contributed by atoms with Gasteiger partial charge in [0.25, 0.3) is 0 Å². The first-order valence-electron chi connectivity index (χ1n) is 5.26. The van der Waals surface area contributed by atoms with Crippen molar-refractivity contribution >= 4 is 29.2 Å². The quantitative estimate of drug-likeness (QED) is 0.676. The van der Waals surface area contributed by atoms with E-state index in [1.807, 2.05) is 17.5 Å². The predicted molar refractivity (Wildman–Crippen MR) is 71.1 cm³/mol. The van der Waals surface area contributed by atoms with Crippen LogP contribution in [-0.2, 0) is 0 Å². The number of carbonyl (C=O) groups is 2. The van der Waals surface area contributed by atoms with Crippen LogP contribution in [-0.4, -0.2) is 16.9 Å². The van der Waals surface area contributed by atoms with Crippen molar-refractivity contribution in [2.75, 3.05) is 0 Å². The number of benzene rings is 1. The summed E-state index contributed by atoms with van der Waals surface area (Å²) >= 11 is 1.55. The topological polar surface area (TPSA) is 54.4 Å². The zero-order valence-corrected chi connectivity index (χ0v) is 10.2. The Labute approximate surface area is 108 Å². The molecule has 18 heavy (non-hydrogen) atoms. The molecule has 3 nitrogen and oxygen atoms in total. The van der Waals surface area contributed by atoms with Gasteiger partial charge in [-0.2, -0.15) is 0 Å². The van der Waals surface area contributed by atoms with Crippen molar-refractivity contribution in [1.29, 1.82) is 0 Å². The molecule has 0 amide bonds. The van der Waals surface area contributed by atoms with Crippen molar-refractivity contribution in [1.82, 2.24) is 0 Å². The van der Waals surface area contributed by atoms with Crippen LogP contribution in [0.4, 0.5) is 0 Å². The summed E-state index contributed by atoms with van der Waals surface area (Å²) < 4.78 is 0. The van der Waals surface area contributed by atoms with Crippen LogP contribution in [0, 0.1) is 0 Å². The number of aromatic carboxylic acids is 1. The fourth-order valence-corrected chi connectivity index (χ4v) is 2.04. The van der Waals surface area contributed by atoms with E-state index in [4.69, 9.17) is 5.11 Å². The van der Waals surface area contributed by atoms with Gasteiger partial charge in [-0.25, -0.2) is 4.79 Å². The Morgan fingerprint density at radius 3 is 2.28 bits per heavy atom. The third-order valence-corrected chi connectivity index (χ3v) is 3.20. The maximum absolute atomic E-state index is 11.8. The third kappa shape index (κ3) is 2.93. The monoisotopic (exact) mass is 258 g/mol. The van der Waals surface area contributed by atoms with E-state index in [2.05, 4.69) is 0 Å². The molecule has 2 rings (SSSR count). The molecule has 0 radical (unpaired) electrons. The van der Waals surface area contributed by atoms with E-state index >= 15 is 0 Å². The summed E-state index contributed by atoms with van der Waals surface area (Å²) in [5, 5.41) is 10.7. The summed E-state index contributed by atoms with van der Waals surface area (Å²) in [7, 11) is 0. The molecule has 0 unspecified atom stereocenters. The maximum Gasteiger partial charge on any atom is 0.335 e. The van der Waals surface area contributed by atoms with E-state index in [9.17, 15) is 9.59 Å². The van der Waals surface area contributed by atoms with E-state index in [0.717, 1.165) is 4.88 Å². The van der Waals surface area contributed by atoms with Crippen LogP contribution in [0.15, 0.2) is 47.9 Å². The van der Waals surface area contributed by atoms with Gasteiger partial charge in [0.2, 0.25) is 0 Å². The Kier molecular flexibility index (Phi) is 3.69. The highest BCUT2D eigenvalue weighted by molar-refractivity contribution is 7.10. The number of rotatable bonds is 4. The summed E-state index contributed by atoms with van der Waals surface area (Å²) in [5.41, 5.74) is 0.654. The van der Waals surface area contributed by atoms with Gasteiger partial charge in [-0.15, -0.1) is 11.3 Å². The summed E-state index contributed by atoms with van der Waals surface area (Å²) in [5.74, 6) is -1.14. The Bertz CT molecular complexity index is 580. The molecule has 0 aliphatic carbocycles. The Hall–Kier alpha value is -2.20. The third-order valence-electron chi connectivity index (χ3n) is 2.36. The van der Waals surface area contributed by atoms with Crippen LogP contribution >= 0.6 is 11.3 Å². The Balaban J connectivity index is 2.12. The molecule has 4 heteroatoms. The molecule has 2 aromatic rings. The number of hydrogen-bond acceptors (Lipinski definition) is 3. The van der Waals surface area contributed by atoms with Gasteiger partial charge >= 0.3 is 5.97 Å². The average molecular weight is 258 g/mol. The van der Waals surface area contributed by atoms with Crippen LogP contribution in [0.2, 0.25) is 0 Å². The molecule has 1 aromatic heterocycles. The van der Waals surface area contributed by atoms with Crippen LogP contribution in [0.5, 0.6) is 0 Å². The predicted octanol–water partition coefficient (Wildman–Crippen LogP) is 3.34. The standard InChI is InChI=1S/C14H10O3S/c15-13(8-7-12-2-1-9-18-12)10-3-5-11(6-4-10)14(16)17/h1-9H,(H,16,17)/b8-7+. The summed E-state index contributed by atoms with van der Waals surface area (Å²) in [4.78, 5) is 23.5. The fraction of sp³-hybridized carbons (Fsp3) is 0. The number of hydrogen-bond donors (Lipinski definition) is 1. The van der Waals surface area contributed by atoms with E-state index in [1.54, 1.807) is 17.4 Å². The van der Waals surface area contributed by atoms with Crippen LogP contribution in [0.1, 0.15) is 25.6 Å². The molecule has 1 heterocycles. The van der Waals surface area contributed by atoms with Crippen LogP contribution < -0.4 is 0 Å². The smallest absolute Gasteiger partial charge is 0.335 e. The zero-order valence-electron chi connectivity index (χ0n) is 9.37. The van der Waals surface area contributed by atoms with Crippen molar-refractivity contribution in [3.8, 4) is 0 Å². The number of thiophene rings is 1. The van der Waals surface area contributed by atoms with Crippen molar-refractivity contribution < 1.29 is 14.7 Å². The van der Waals surface area contributed by atoms with Gasteiger partial charge in [0, 0.05) is 10.4 Å². The van der Waals surface area contributed by atoms with E-state index in [1.165, 1.54) is 30.3 Å². The molecule has 0 bridgehead atoms. The first-order chi connectivity index (χ1) is 8.66. The lowest BCUT2D eigenvalue weighted by Crippen LogP contribution is -1.98. The van der Waals surface area contributed by atoms with Gasteiger partial charge in [0.1, 0.15) is 0 Å². The molecule has 0 fully saturated rings. The molecule has 0 saturated heterocycles. The van der Waals surface area contributed by atoms with Crippen LogP contribution in [0.25, 0.3) is 6.08 Å². The van der Waals surface area contributed by atoms with Crippen molar-refractivity contribution in [3.05, 3.63) is 63.9 Å². The minimum atomic E-state index is -0.997. The molecule has 90 valence electrons. The van der Waals surface area contributed by atoms with Gasteiger partial charge < -0.3 is 5.11 Å². The minimum absolute atomic E-state index is 0.139. The van der Waals surface area contributed by atoms with E-state index < -0.39 is 5.97 Å². The zero-order chi connectivity index (χ0) is 13.0. The molecule has 0 atom stereocenters. The van der Waals surface area contributed by atoms with Gasteiger partial charge in [0.05, 0.1) is 5.56 Å².